The lowest BCUT2D eigenvalue weighted by Crippen LogP contribution is -2.05. The number of rotatable bonds is 4. The van der Waals surface area contributed by atoms with Gasteiger partial charge in [0.05, 0.1) is 17.7 Å². The molecule has 0 N–H and O–H groups in total. The summed E-state index contributed by atoms with van der Waals surface area (Å²) in [5.41, 5.74) is 1.22. The van der Waals surface area contributed by atoms with E-state index in [1.165, 1.54) is 0 Å². The minimum absolute atomic E-state index is 0.336. The van der Waals surface area contributed by atoms with Gasteiger partial charge in [-0.25, -0.2) is 4.79 Å². The fourth-order valence-corrected chi connectivity index (χ4v) is 2.20. The minimum Gasteiger partial charge on any atom is -0.462 e. The molecular formula is C18H15NO3. The summed E-state index contributed by atoms with van der Waals surface area (Å²) in [6, 6.07) is 16.6. The number of ether oxygens (including phenoxy) is 2. The molecule has 0 unspecified atom stereocenters. The highest BCUT2D eigenvalue weighted by Crippen LogP contribution is 2.26. The van der Waals surface area contributed by atoms with E-state index in [0.29, 0.717) is 17.9 Å². The number of pyridine rings is 1. The van der Waals surface area contributed by atoms with Crippen LogP contribution in [-0.2, 0) is 4.74 Å². The Morgan fingerprint density at radius 1 is 1.05 bits per heavy atom. The molecule has 0 saturated heterocycles. The van der Waals surface area contributed by atoms with Gasteiger partial charge in [-0.2, -0.15) is 0 Å². The predicted octanol–water partition coefficient (Wildman–Crippen LogP) is 4.20. The first-order valence-electron chi connectivity index (χ1n) is 7.06. The Bertz CT molecular complexity index is 800. The van der Waals surface area contributed by atoms with Crippen molar-refractivity contribution in [3.63, 3.8) is 0 Å². The van der Waals surface area contributed by atoms with E-state index in [0.717, 1.165) is 16.7 Å². The molecule has 0 aliphatic carbocycles. The van der Waals surface area contributed by atoms with Gasteiger partial charge in [0, 0.05) is 11.6 Å². The van der Waals surface area contributed by atoms with Gasteiger partial charge in [-0.1, -0.05) is 18.2 Å². The van der Waals surface area contributed by atoms with E-state index in [1.54, 1.807) is 19.2 Å². The molecule has 1 heterocycles. The summed E-state index contributed by atoms with van der Waals surface area (Å²) in [4.78, 5) is 16.3. The molecule has 4 nitrogen and oxygen atoms in total. The largest absolute Gasteiger partial charge is 0.462 e. The molecule has 0 saturated carbocycles. The summed E-state index contributed by atoms with van der Waals surface area (Å²) in [6.45, 7) is 2.12. The average molecular weight is 293 g/mol. The first-order valence-corrected chi connectivity index (χ1v) is 7.06. The maximum atomic E-state index is 12.0. The van der Waals surface area contributed by atoms with E-state index < -0.39 is 0 Å². The summed E-state index contributed by atoms with van der Waals surface area (Å²) < 4.78 is 10.9. The molecule has 0 fully saturated rings. The van der Waals surface area contributed by atoms with Gasteiger partial charge in [-0.05, 0) is 43.3 Å². The van der Waals surface area contributed by atoms with E-state index in [1.807, 2.05) is 48.5 Å². The zero-order valence-electron chi connectivity index (χ0n) is 12.2. The molecule has 3 aromatic rings. The third kappa shape index (κ3) is 2.91. The van der Waals surface area contributed by atoms with Crippen molar-refractivity contribution in [1.82, 2.24) is 4.98 Å². The Balaban J connectivity index is 2.00. The van der Waals surface area contributed by atoms with Gasteiger partial charge in [0.2, 0.25) is 0 Å². The highest BCUT2D eigenvalue weighted by Gasteiger charge is 2.12. The summed E-state index contributed by atoms with van der Waals surface area (Å²) in [6.07, 6.45) is 1.60. The second-order valence-electron chi connectivity index (χ2n) is 4.67. The molecular weight excluding hydrogens is 278 g/mol. The Morgan fingerprint density at radius 3 is 2.64 bits per heavy atom. The molecule has 4 heteroatoms. The number of esters is 1. The number of hydrogen-bond donors (Lipinski definition) is 0. The minimum atomic E-state index is -0.355. The fourth-order valence-electron chi connectivity index (χ4n) is 2.20. The number of fused-ring (bicyclic) bond motifs is 1. The monoisotopic (exact) mass is 293 g/mol. The van der Waals surface area contributed by atoms with Crippen LogP contribution in [0, 0.1) is 0 Å². The van der Waals surface area contributed by atoms with Crippen LogP contribution in [0.1, 0.15) is 17.3 Å². The van der Waals surface area contributed by atoms with E-state index in [9.17, 15) is 4.79 Å². The number of hydrogen-bond acceptors (Lipinski definition) is 4. The number of aromatic nitrogens is 1. The van der Waals surface area contributed by atoms with E-state index in [4.69, 9.17) is 9.47 Å². The highest BCUT2D eigenvalue weighted by molar-refractivity contribution is 6.03. The Kier molecular flexibility index (Phi) is 4.01. The van der Waals surface area contributed by atoms with Gasteiger partial charge in [0.1, 0.15) is 11.5 Å². The maximum Gasteiger partial charge on any atom is 0.338 e. The quantitative estimate of drug-likeness (QED) is 0.676. The summed E-state index contributed by atoms with van der Waals surface area (Å²) >= 11 is 0. The first-order chi connectivity index (χ1) is 10.8. The van der Waals surface area contributed by atoms with Gasteiger partial charge in [-0.15, -0.1) is 0 Å². The van der Waals surface area contributed by atoms with E-state index >= 15 is 0 Å². The van der Waals surface area contributed by atoms with Crippen molar-refractivity contribution in [2.75, 3.05) is 6.61 Å². The van der Waals surface area contributed by atoms with Crippen LogP contribution in [0.4, 0.5) is 0 Å². The SMILES string of the molecule is CCOC(=O)c1ccnc2ccc(Oc3ccccc3)cc12. The fraction of sp³-hybridized carbons (Fsp3) is 0.111. The molecule has 0 aliphatic rings. The Hall–Kier alpha value is -2.88. The lowest BCUT2D eigenvalue weighted by molar-refractivity contribution is 0.0528. The van der Waals surface area contributed by atoms with Crippen molar-refractivity contribution >= 4 is 16.9 Å². The highest BCUT2D eigenvalue weighted by atomic mass is 16.5. The molecule has 110 valence electrons. The van der Waals surface area contributed by atoms with Gasteiger partial charge in [0.25, 0.3) is 0 Å². The smallest absolute Gasteiger partial charge is 0.338 e. The Morgan fingerprint density at radius 2 is 1.86 bits per heavy atom. The van der Waals surface area contributed by atoms with Crippen molar-refractivity contribution in [1.29, 1.82) is 0 Å². The summed E-state index contributed by atoms with van der Waals surface area (Å²) in [5.74, 6) is 1.03. The number of carbonyl (C=O) groups excluding carboxylic acids is 1. The summed E-state index contributed by atoms with van der Waals surface area (Å²) in [5, 5.41) is 0.717. The molecule has 0 atom stereocenters. The van der Waals surface area contributed by atoms with Crippen LogP contribution in [0.25, 0.3) is 10.9 Å². The number of para-hydroxylation sites is 1. The molecule has 0 aliphatic heterocycles. The molecule has 1 aromatic heterocycles. The van der Waals surface area contributed by atoms with Crippen LogP contribution >= 0.6 is 0 Å². The standard InChI is InChI=1S/C18H15NO3/c1-2-21-18(20)15-10-11-19-17-9-8-14(12-16(15)17)22-13-6-4-3-5-7-13/h3-12H,2H2,1H3. The van der Waals surface area contributed by atoms with E-state index in [2.05, 4.69) is 4.98 Å². The lowest BCUT2D eigenvalue weighted by atomic mass is 10.1. The number of carbonyl (C=O) groups is 1. The van der Waals surface area contributed by atoms with Crippen molar-refractivity contribution in [2.45, 2.75) is 6.92 Å². The number of nitrogens with zero attached hydrogens (tertiary/aromatic N) is 1. The van der Waals surface area contributed by atoms with Crippen molar-refractivity contribution in [2.24, 2.45) is 0 Å². The van der Waals surface area contributed by atoms with Crippen molar-refractivity contribution < 1.29 is 14.3 Å². The van der Waals surface area contributed by atoms with Gasteiger partial charge >= 0.3 is 5.97 Å². The van der Waals surface area contributed by atoms with Crippen LogP contribution in [0.15, 0.2) is 60.8 Å². The average Bonchev–Trinajstić information content (AvgIpc) is 2.55. The molecule has 0 radical (unpaired) electrons. The van der Waals surface area contributed by atoms with E-state index in [-0.39, 0.29) is 5.97 Å². The lowest BCUT2D eigenvalue weighted by Gasteiger charge is -2.09. The first kappa shape index (κ1) is 14.1. The molecule has 22 heavy (non-hydrogen) atoms. The summed E-state index contributed by atoms with van der Waals surface area (Å²) in [7, 11) is 0. The van der Waals surface area contributed by atoms with Gasteiger partial charge in [-0.3, -0.25) is 4.98 Å². The number of benzene rings is 2. The Labute approximate surface area is 128 Å². The third-order valence-electron chi connectivity index (χ3n) is 3.19. The molecule has 0 bridgehead atoms. The predicted molar refractivity (Wildman–Crippen MR) is 84.2 cm³/mol. The second kappa shape index (κ2) is 6.26. The third-order valence-corrected chi connectivity index (χ3v) is 3.19. The van der Waals surface area contributed by atoms with Crippen LogP contribution in [0.2, 0.25) is 0 Å². The van der Waals surface area contributed by atoms with Gasteiger partial charge in [0.15, 0.2) is 0 Å². The van der Waals surface area contributed by atoms with Crippen LogP contribution in [-0.4, -0.2) is 17.6 Å². The molecule has 2 aromatic carbocycles. The normalized spacial score (nSPS) is 10.4. The van der Waals surface area contributed by atoms with Crippen molar-refractivity contribution in [3.8, 4) is 11.5 Å². The molecule has 0 amide bonds. The topological polar surface area (TPSA) is 48.4 Å². The maximum absolute atomic E-state index is 12.0. The molecule has 0 spiro atoms. The van der Waals surface area contributed by atoms with Crippen LogP contribution < -0.4 is 4.74 Å². The zero-order chi connectivity index (χ0) is 15.4. The second-order valence-corrected chi connectivity index (χ2v) is 4.67. The molecule has 3 rings (SSSR count). The van der Waals surface area contributed by atoms with Crippen LogP contribution in [0.3, 0.4) is 0 Å². The van der Waals surface area contributed by atoms with Crippen molar-refractivity contribution in [3.05, 3.63) is 66.4 Å². The van der Waals surface area contributed by atoms with Gasteiger partial charge < -0.3 is 9.47 Å². The zero-order valence-corrected chi connectivity index (χ0v) is 12.2. The van der Waals surface area contributed by atoms with Crippen LogP contribution in [0.5, 0.6) is 11.5 Å².